The maximum atomic E-state index is 13.1. The Morgan fingerprint density at radius 1 is 0.970 bits per heavy atom. The summed E-state index contributed by atoms with van der Waals surface area (Å²) in [5, 5.41) is 0.725. The number of hydrogen-bond acceptors (Lipinski definition) is 3. The van der Waals surface area contributed by atoms with Gasteiger partial charge in [-0.3, -0.25) is 4.98 Å². The second-order valence-electron chi connectivity index (χ2n) is 8.69. The van der Waals surface area contributed by atoms with E-state index in [4.69, 9.17) is 16.6 Å². The van der Waals surface area contributed by atoms with Crippen LogP contribution in [0.15, 0.2) is 68.6 Å². The minimum Gasteiger partial charge on any atom is -0.259 e. The van der Waals surface area contributed by atoms with Crippen LogP contribution in [0.2, 0.25) is 5.02 Å². The van der Waals surface area contributed by atoms with Crippen molar-refractivity contribution in [1.29, 1.82) is 0 Å². The van der Waals surface area contributed by atoms with Crippen LogP contribution in [-0.4, -0.2) is 30.8 Å². The Kier molecular flexibility index (Phi) is 6.71. The Bertz CT molecular complexity index is 1290. The molecule has 1 aliphatic heterocycles. The molecule has 0 spiro atoms. The van der Waals surface area contributed by atoms with Crippen LogP contribution < -0.4 is 0 Å². The maximum absolute atomic E-state index is 13.1. The standard InChI is InChI=1S/C25H23Br2ClN2O2S/c26-19-12-18-7-6-17-13-20(28)14-22(27)23(17)24(25(18)29-15-19)16-8-10-30(11-9-16)33(31,32)21-4-2-1-3-5-21/h1-5,12-16,24H,6-11H2/t24-/m1/s1. The van der Waals surface area contributed by atoms with Crippen molar-refractivity contribution in [3.05, 3.63) is 91.1 Å². The molecule has 1 fully saturated rings. The fourth-order valence-electron chi connectivity index (χ4n) is 5.22. The molecule has 1 saturated heterocycles. The van der Waals surface area contributed by atoms with Crippen LogP contribution >= 0.6 is 43.5 Å². The first kappa shape index (κ1) is 23.5. The summed E-state index contributed by atoms with van der Waals surface area (Å²) in [6.45, 7) is 1.01. The van der Waals surface area contributed by atoms with Crippen LogP contribution in [0.25, 0.3) is 0 Å². The van der Waals surface area contributed by atoms with Gasteiger partial charge in [0, 0.05) is 39.2 Å². The highest BCUT2D eigenvalue weighted by Crippen LogP contribution is 2.46. The second-order valence-corrected chi connectivity index (χ2v) is 12.8. The molecule has 0 N–H and O–H groups in total. The molecular formula is C25H23Br2ClN2O2S. The predicted octanol–water partition coefficient (Wildman–Crippen LogP) is 6.59. The fraction of sp³-hybridized carbons (Fsp3) is 0.320. The van der Waals surface area contributed by atoms with Crippen molar-refractivity contribution in [1.82, 2.24) is 9.29 Å². The largest absolute Gasteiger partial charge is 0.259 e. The number of piperidine rings is 1. The van der Waals surface area contributed by atoms with Crippen LogP contribution in [0.5, 0.6) is 0 Å². The van der Waals surface area contributed by atoms with Gasteiger partial charge in [-0.2, -0.15) is 4.31 Å². The summed E-state index contributed by atoms with van der Waals surface area (Å²) in [5.74, 6) is 0.382. The molecule has 0 saturated carbocycles. The summed E-state index contributed by atoms with van der Waals surface area (Å²) in [6, 6.07) is 14.9. The van der Waals surface area contributed by atoms with Crippen LogP contribution in [0, 0.1) is 5.92 Å². The SMILES string of the molecule is O=S(=O)(c1ccccc1)N1CCC([C@H]2c3ncc(Br)cc3CCc3cc(Cl)cc(Br)c32)CC1. The van der Waals surface area contributed by atoms with Gasteiger partial charge in [-0.25, -0.2) is 8.42 Å². The molecule has 2 heterocycles. The molecular weight excluding hydrogens is 588 g/mol. The van der Waals surface area contributed by atoms with Gasteiger partial charge in [0.25, 0.3) is 0 Å². The van der Waals surface area contributed by atoms with Crippen molar-refractivity contribution in [2.24, 2.45) is 5.92 Å². The molecule has 4 nitrogen and oxygen atoms in total. The van der Waals surface area contributed by atoms with Crippen LogP contribution in [0.1, 0.15) is 41.1 Å². The zero-order valence-electron chi connectivity index (χ0n) is 17.8. The summed E-state index contributed by atoms with van der Waals surface area (Å²) in [5.41, 5.74) is 4.84. The van der Waals surface area contributed by atoms with Gasteiger partial charge in [0.2, 0.25) is 10.0 Å². The van der Waals surface area contributed by atoms with Crippen molar-refractivity contribution in [2.45, 2.75) is 36.5 Å². The van der Waals surface area contributed by atoms with Gasteiger partial charge < -0.3 is 0 Å². The number of aryl methyl sites for hydroxylation is 2. The summed E-state index contributed by atoms with van der Waals surface area (Å²) in [7, 11) is -3.48. The first-order valence-electron chi connectivity index (χ1n) is 11.0. The molecule has 1 aromatic heterocycles. The first-order valence-corrected chi connectivity index (χ1v) is 14.4. The molecule has 3 aromatic rings. The Morgan fingerprint density at radius 2 is 1.67 bits per heavy atom. The van der Waals surface area contributed by atoms with Crippen molar-refractivity contribution in [3.63, 3.8) is 0 Å². The van der Waals surface area contributed by atoms with E-state index in [9.17, 15) is 8.42 Å². The van der Waals surface area contributed by atoms with Crippen molar-refractivity contribution in [3.8, 4) is 0 Å². The fourth-order valence-corrected chi connectivity index (χ4v) is 8.21. The molecule has 1 aliphatic carbocycles. The van der Waals surface area contributed by atoms with E-state index in [2.05, 4.69) is 44.0 Å². The van der Waals surface area contributed by atoms with Gasteiger partial charge in [0.1, 0.15) is 0 Å². The van der Waals surface area contributed by atoms with E-state index in [0.717, 1.165) is 45.3 Å². The van der Waals surface area contributed by atoms with Gasteiger partial charge >= 0.3 is 0 Å². The number of fused-ring (bicyclic) bond motifs is 2. The summed E-state index contributed by atoms with van der Waals surface area (Å²) < 4.78 is 29.9. The summed E-state index contributed by atoms with van der Waals surface area (Å²) in [4.78, 5) is 5.24. The zero-order valence-corrected chi connectivity index (χ0v) is 22.6. The average Bonchev–Trinajstić information content (AvgIpc) is 2.96. The van der Waals surface area contributed by atoms with Gasteiger partial charge in [0.15, 0.2) is 0 Å². The Morgan fingerprint density at radius 3 is 2.39 bits per heavy atom. The van der Waals surface area contributed by atoms with Gasteiger partial charge in [-0.1, -0.05) is 45.7 Å². The maximum Gasteiger partial charge on any atom is 0.243 e. The number of benzene rings is 2. The lowest BCUT2D eigenvalue weighted by Gasteiger charge is -2.36. The Balaban J connectivity index is 1.50. The number of sulfonamides is 1. The van der Waals surface area contributed by atoms with E-state index < -0.39 is 10.0 Å². The topological polar surface area (TPSA) is 50.3 Å². The lowest BCUT2D eigenvalue weighted by atomic mass is 9.77. The number of halogens is 3. The smallest absolute Gasteiger partial charge is 0.243 e. The molecule has 2 aromatic carbocycles. The normalized spacial score (nSPS) is 19.5. The van der Waals surface area contributed by atoms with Crippen LogP contribution in [0.4, 0.5) is 0 Å². The van der Waals surface area contributed by atoms with Crippen LogP contribution in [0.3, 0.4) is 0 Å². The molecule has 0 radical (unpaired) electrons. The average molecular weight is 611 g/mol. The van der Waals surface area contributed by atoms with Crippen LogP contribution in [-0.2, 0) is 22.9 Å². The first-order chi connectivity index (χ1) is 15.8. The molecule has 0 unspecified atom stereocenters. The van der Waals surface area contributed by atoms with E-state index >= 15 is 0 Å². The molecule has 0 amide bonds. The molecule has 8 heteroatoms. The molecule has 2 aliphatic rings. The summed E-state index contributed by atoms with van der Waals surface area (Å²) in [6.07, 6.45) is 5.23. The lowest BCUT2D eigenvalue weighted by Crippen LogP contribution is -2.40. The third-order valence-electron chi connectivity index (χ3n) is 6.77. The molecule has 33 heavy (non-hydrogen) atoms. The second kappa shape index (κ2) is 9.42. The van der Waals surface area contributed by atoms with Gasteiger partial charge in [-0.15, -0.1) is 0 Å². The third-order valence-corrected chi connectivity index (χ3v) is 9.99. The Labute approximate surface area is 216 Å². The minimum atomic E-state index is -3.48. The van der Waals surface area contributed by atoms with Crippen molar-refractivity contribution in [2.75, 3.05) is 13.1 Å². The predicted molar refractivity (Wildman–Crippen MR) is 138 cm³/mol. The lowest BCUT2D eigenvalue weighted by molar-refractivity contribution is 0.254. The number of nitrogens with zero attached hydrogens (tertiary/aromatic N) is 2. The zero-order chi connectivity index (χ0) is 23.2. The van der Waals surface area contributed by atoms with Crippen molar-refractivity contribution >= 4 is 53.5 Å². The highest BCUT2D eigenvalue weighted by atomic mass is 79.9. The van der Waals surface area contributed by atoms with E-state index in [-0.39, 0.29) is 11.8 Å². The summed E-state index contributed by atoms with van der Waals surface area (Å²) >= 11 is 13.8. The van der Waals surface area contributed by atoms with Crippen molar-refractivity contribution < 1.29 is 8.42 Å². The highest BCUT2D eigenvalue weighted by molar-refractivity contribution is 9.10. The monoisotopic (exact) mass is 608 g/mol. The molecule has 172 valence electrons. The van der Waals surface area contributed by atoms with E-state index in [0.29, 0.717) is 18.0 Å². The minimum absolute atomic E-state index is 0.0961. The van der Waals surface area contributed by atoms with E-state index in [1.807, 2.05) is 18.3 Å². The quantitative estimate of drug-likeness (QED) is 0.336. The molecule has 5 rings (SSSR count). The number of hydrogen-bond donors (Lipinski definition) is 0. The molecule has 0 bridgehead atoms. The van der Waals surface area contributed by atoms with E-state index in [1.54, 1.807) is 28.6 Å². The third kappa shape index (κ3) is 4.55. The number of rotatable bonds is 3. The van der Waals surface area contributed by atoms with E-state index in [1.165, 1.54) is 16.7 Å². The number of pyridine rings is 1. The van der Waals surface area contributed by atoms with Gasteiger partial charge in [-0.05, 0) is 94.6 Å². The molecule has 1 atom stereocenters. The highest BCUT2D eigenvalue weighted by Gasteiger charge is 2.38. The Hall–Kier alpha value is -1.25. The van der Waals surface area contributed by atoms with Gasteiger partial charge in [0.05, 0.1) is 10.6 Å². The number of aromatic nitrogens is 1.